The van der Waals surface area contributed by atoms with Gasteiger partial charge in [0.25, 0.3) is 0 Å². The highest BCUT2D eigenvalue weighted by Crippen LogP contribution is 2.29. The quantitative estimate of drug-likeness (QED) is 0.739. The fourth-order valence-electron chi connectivity index (χ4n) is 2.67. The predicted molar refractivity (Wildman–Crippen MR) is 62.7 cm³/mol. The number of hydrogen-bond acceptors (Lipinski definition) is 3. The van der Waals surface area contributed by atoms with Gasteiger partial charge in [-0.2, -0.15) is 0 Å². The molecule has 0 amide bonds. The van der Waals surface area contributed by atoms with E-state index in [9.17, 15) is 4.79 Å². The Morgan fingerprint density at radius 2 is 1.76 bits per heavy atom. The van der Waals surface area contributed by atoms with Crippen LogP contribution in [0.1, 0.15) is 17.5 Å². The maximum absolute atomic E-state index is 11.0. The number of benzene rings is 1. The lowest BCUT2D eigenvalue weighted by Crippen LogP contribution is -2.39. The van der Waals surface area contributed by atoms with Crippen LogP contribution < -0.4 is 0 Å². The minimum atomic E-state index is -0.193. The normalized spacial score (nSPS) is 25.6. The summed E-state index contributed by atoms with van der Waals surface area (Å²) in [5.41, 5.74) is 2.84. The second-order valence-corrected chi connectivity index (χ2v) is 4.80. The van der Waals surface area contributed by atoms with Crippen LogP contribution in [0.25, 0.3) is 0 Å². The summed E-state index contributed by atoms with van der Waals surface area (Å²) in [6.07, 6.45) is 2.96. The van der Waals surface area contributed by atoms with Crippen LogP contribution in [0.4, 0.5) is 0 Å². The van der Waals surface area contributed by atoms with E-state index in [4.69, 9.17) is 9.47 Å². The van der Waals surface area contributed by atoms with Gasteiger partial charge < -0.3 is 9.47 Å². The molecular weight excluding hydrogens is 216 g/mol. The van der Waals surface area contributed by atoms with Gasteiger partial charge in [0.2, 0.25) is 0 Å². The summed E-state index contributed by atoms with van der Waals surface area (Å²) in [6.45, 7) is 0.422. The van der Waals surface area contributed by atoms with Crippen LogP contribution >= 0.6 is 0 Å². The maximum Gasteiger partial charge on any atom is 0.184 e. The van der Waals surface area contributed by atoms with Crippen molar-refractivity contribution in [1.29, 1.82) is 0 Å². The fraction of sp³-hybridized carbons (Fsp3) is 0.500. The number of hydrogen-bond donors (Lipinski definition) is 0. The Labute approximate surface area is 101 Å². The lowest BCUT2D eigenvalue weighted by Gasteiger charge is -2.33. The zero-order valence-electron chi connectivity index (χ0n) is 9.72. The first-order chi connectivity index (χ1) is 8.33. The molecule has 0 spiro atoms. The van der Waals surface area contributed by atoms with Crippen LogP contribution in [-0.4, -0.2) is 25.3 Å². The summed E-state index contributed by atoms with van der Waals surface area (Å²) >= 11 is 0. The molecule has 1 unspecified atom stereocenters. The Bertz CT molecular complexity index is 417. The van der Waals surface area contributed by atoms with Gasteiger partial charge in [0.1, 0.15) is 13.2 Å². The van der Waals surface area contributed by atoms with E-state index in [1.165, 1.54) is 11.1 Å². The highest BCUT2D eigenvalue weighted by atomic mass is 16.7. The lowest BCUT2D eigenvalue weighted by atomic mass is 9.83. The van der Waals surface area contributed by atoms with Crippen molar-refractivity contribution in [3.05, 3.63) is 35.4 Å². The summed E-state index contributed by atoms with van der Waals surface area (Å²) in [7, 11) is 0. The molecule has 1 atom stereocenters. The Morgan fingerprint density at radius 1 is 1.06 bits per heavy atom. The number of rotatable bonds is 1. The second-order valence-electron chi connectivity index (χ2n) is 4.80. The van der Waals surface area contributed by atoms with Gasteiger partial charge in [0.05, 0.1) is 0 Å². The third-order valence-corrected chi connectivity index (χ3v) is 3.59. The van der Waals surface area contributed by atoms with Gasteiger partial charge in [0.15, 0.2) is 12.1 Å². The molecule has 90 valence electrons. The molecule has 1 aliphatic carbocycles. The highest BCUT2D eigenvalue weighted by molar-refractivity contribution is 5.81. The summed E-state index contributed by atoms with van der Waals surface area (Å²) in [5, 5.41) is 0. The van der Waals surface area contributed by atoms with E-state index in [-0.39, 0.29) is 25.3 Å². The van der Waals surface area contributed by atoms with Crippen molar-refractivity contribution >= 4 is 5.78 Å². The fourth-order valence-corrected chi connectivity index (χ4v) is 2.67. The average Bonchev–Trinajstić information content (AvgIpc) is 2.39. The summed E-state index contributed by atoms with van der Waals surface area (Å²) in [5.74, 6) is 0.426. The van der Waals surface area contributed by atoms with Crippen LogP contribution in [-0.2, 0) is 27.1 Å². The second kappa shape index (κ2) is 4.59. The standard InChI is InChI=1S/C14H16O3/c15-13-8-16-14(17-9-13)12-6-5-10-3-1-2-4-11(10)7-12/h1-4,12,14H,5-9H2. The third kappa shape index (κ3) is 2.26. The molecule has 1 aliphatic heterocycles. The van der Waals surface area contributed by atoms with Gasteiger partial charge in [-0.1, -0.05) is 24.3 Å². The van der Waals surface area contributed by atoms with Crippen molar-refractivity contribution in [3.63, 3.8) is 0 Å². The van der Waals surface area contributed by atoms with Gasteiger partial charge in [0, 0.05) is 5.92 Å². The van der Waals surface area contributed by atoms with E-state index in [0.29, 0.717) is 5.92 Å². The van der Waals surface area contributed by atoms with Gasteiger partial charge in [-0.15, -0.1) is 0 Å². The molecule has 1 aromatic carbocycles. The monoisotopic (exact) mass is 232 g/mol. The first-order valence-electron chi connectivity index (χ1n) is 6.14. The van der Waals surface area contributed by atoms with Crippen molar-refractivity contribution < 1.29 is 14.3 Å². The predicted octanol–water partition coefficient (Wildman–Crippen LogP) is 1.73. The van der Waals surface area contributed by atoms with E-state index in [1.807, 2.05) is 0 Å². The Kier molecular flexibility index (Phi) is 2.95. The molecule has 3 rings (SSSR count). The first kappa shape index (κ1) is 10.9. The Balaban J connectivity index is 1.69. The SMILES string of the molecule is O=C1COC(C2CCc3ccccc3C2)OC1. The Morgan fingerprint density at radius 3 is 2.53 bits per heavy atom. The molecule has 17 heavy (non-hydrogen) atoms. The van der Waals surface area contributed by atoms with Gasteiger partial charge in [-0.05, 0) is 30.4 Å². The molecule has 1 heterocycles. The molecule has 0 aromatic heterocycles. The first-order valence-corrected chi connectivity index (χ1v) is 6.14. The molecule has 1 saturated heterocycles. The molecule has 1 aromatic rings. The number of carbonyl (C=O) groups is 1. The van der Waals surface area contributed by atoms with E-state index in [0.717, 1.165) is 19.3 Å². The van der Waals surface area contributed by atoms with Crippen LogP contribution in [0, 0.1) is 5.92 Å². The topological polar surface area (TPSA) is 35.5 Å². The number of Topliss-reactive ketones (excluding diaryl/α,β-unsaturated/α-hetero) is 1. The van der Waals surface area contributed by atoms with Gasteiger partial charge in [-0.25, -0.2) is 0 Å². The molecule has 2 aliphatic rings. The van der Waals surface area contributed by atoms with Crippen LogP contribution in [0.15, 0.2) is 24.3 Å². The minimum Gasteiger partial charge on any atom is -0.344 e. The molecule has 3 nitrogen and oxygen atoms in total. The largest absolute Gasteiger partial charge is 0.344 e. The van der Waals surface area contributed by atoms with Crippen molar-refractivity contribution in [2.75, 3.05) is 13.2 Å². The zero-order chi connectivity index (χ0) is 11.7. The smallest absolute Gasteiger partial charge is 0.184 e. The summed E-state index contributed by atoms with van der Waals surface area (Å²) in [6, 6.07) is 8.53. The van der Waals surface area contributed by atoms with Crippen LogP contribution in [0.5, 0.6) is 0 Å². The molecule has 1 fully saturated rings. The third-order valence-electron chi connectivity index (χ3n) is 3.59. The van der Waals surface area contributed by atoms with Crippen molar-refractivity contribution in [2.24, 2.45) is 5.92 Å². The van der Waals surface area contributed by atoms with Crippen LogP contribution in [0.3, 0.4) is 0 Å². The zero-order valence-corrected chi connectivity index (χ0v) is 9.72. The van der Waals surface area contributed by atoms with E-state index in [1.54, 1.807) is 0 Å². The minimum absolute atomic E-state index is 0.0393. The lowest BCUT2D eigenvalue weighted by molar-refractivity contribution is -0.205. The van der Waals surface area contributed by atoms with Gasteiger partial charge in [-0.3, -0.25) is 4.79 Å². The average molecular weight is 232 g/mol. The van der Waals surface area contributed by atoms with Crippen molar-refractivity contribution in [2.45, 2.75) is 25.6 Å². The number of ketones is 1. The van der Waals surface area contributed by atoms with E-state index in [2.05, 4.69) is 24.3 Å². The van der Waals surface area contributed by atoms with E-state index >= 15 is 0 Å². The van der Waals surface area contributed by atoms with E-state index < -0.39 is 0 Å². The summed E-state index contributed by atoms with van der Waals surface area (Å²) in [4.78, 5) is 11.0. The highest BCUT2D eigenvalue weighted by Gasteiger charge is 2.30. The molecular formula is C14H16O3. The molecule has 0 saturated carbocycles. The van der Waals surface area contributed by atoms with Crippen molar-refractivity contribution in [3.8, 4) is 0 Å². The number of ether oxygens (including phenoxy) is 2. The molecule has 0 radical (unpaired) electrons. The number of aryl methyl sites for hydroxylation is 1. The Hall–Kier alpha value is -1.19. The number of carbonyl (C=O) groups excluding carboxylic acids is 1. The molecule has 3 heteroatoms. The summed E-state index contributed by atoms with van der Waals surface area (Å²) < 4.78 is 10.9. The molecule has 0 N–H and O–H groups in total. The number of fused-ring (bicyclic) bond motifs is 1. The van der Waals surface area contributed by atoms with Crippen molar-refractivity contribution in [1.82, 2.24) is 0 Å². The van der Waals surface area contributed by atoms with Gasteiger partial charge >= 0.3 is 0 Å². The van der Waals surface area contributed by atoms with Crippen LogP contribution in [0.2, 0.25) is 0 Å². The molecule has 0 bridgehead atoms. The maximum atomic E-state index is 11.0.